The first-order valence-electron chi connectivity index (χ1n) is 9.35. The maximum absolute atomic E-state index is 4.56. The summed E-state index contributed by atoms with van der Waals surface area (Å²) >= 11 is 0. The van der Waals surface area contributed by atoms with Crippen LogP contribution in [0.25, 0.3) is 11.0 Å². The van der Waals surface area contributed by atoms with Gasteiger partial charge in [-0.25, -0.2) is 9.97 Å². The number of rotatable bonds is 6. The van der Waals surface area contributed by atoms with Gasteiger partial charge in [0.15, 0.2) is 5.65 Å². The summed E-state index contributed by atoms with van der Waals surface area (Å²) in [5.74, 6) is 2.43. The third kappa shape index (κ3) is 3.70. The van der Waals surface area contributed by atoms with Crippen LogP contribution in [0.3, 0.4) is 0 Å². The Kier molecular flexibility index (Phi) is 4.84. The molecule has 2 aromatic heterocycles. The Morgan fingerprint density at radius 3 is 2.88 bits per heavy atom. The maximum Gasteiger partial charge on any atom is 0.163 e. The second-order valence-electron chi connectivity index (χ2n) is 7.22. The average molecular weight is 350 g/mol. The highest BCUT2D eigenvalue weighted by molar-refractivity contribution is 5.86. The van der Waals surface area contributed by atoms with Crippen molar-refractivity contribution in [1.29, 1.82) is 0 Å². The quantitative estimate of drug-likeness (QED) is 0.741. The van der Waals surface area contributed by atoms with Crippen LogP contribution in [0.5, 0.6) is 0 Å². The fraction of sp³-hybridized carbons (Fsp3) is 0.450. The third-order valence-electron chi connectivity index (χ3n) is 5.17. The molecule has 1 aliphatic heterocycles. The monoisotopic (exact) mass is 350 g/mol. The molecule has 0 radical (unpaired) electrons. The van der Waals surface area contributed by atoms with E-state index in [0.29, 0.717) is 0 Å². The molecule has 1 saturated heterocycles. The number of aromatic nitrogens is 4. The zero-order valence-corrected chi connectivity index (χ0v) is 15.5. The molecule has 1 unspecified atom stereocenters. The fourth-order valence-corrected chi connectivity index (χ4v) is 3.79. The van der Waals surface area contributed by atoms with Crippen molar-refractivity contribution in [3.63, 3.8) is 0 Å². The zero-order chi connectivity index (χ0) is 17.9. The molecule has 3 aromatic rings. The van der Waals surface area contributed by atoms with Crippen LogP contribution in [0, 0.1) is 12.8 Å². The van der Waals surface area contributed by atoms with Gasteiger partial charge in [-0.05, 0) is 37.8 Å². The van der Waals surface area contributed by atoms with Crippen molar-refractivity contribution in [2.24, 2.45) is 13.0 Å². The lowest BCUT2D eigenvalue weighted by Crippen LogP contribution is -2.20. The second-order valence-corrected chi connectivity index (χ2v) is 7.22. The average Bonchev–Trinajstić information content (AvgIpc) is 3.23. The molecule has 0 aliphatic carbocycles. The van der Waals surface area contributed by atoms with E-state index < -0.39 is 0 Å². The molecule has 136 valence electrons. The van der Waals surface area contributed by atoms with Gasteiger partial charge < -0.3 is 5.32 Å². The first kappa shape index (κ1) is 17.0. The van der Waals surface area contributed by atoms with Crippen molar-refractivity contribution in [2.75, 3.05) is 25.0 Å². The first-order valence-corrected chi connectivity index (χ1v) is 9.35. The summed E-state index contributed by atoms with van der Waals surface area (Å²) < 4.78 is 1.80. The van der Waals surface area contributed by atoms with E-state index in [-0.39, 0.29) is 0 Å². The highest BCUT2D eigenvalue weighted by Gasteiger charge is 2.22. The number of aryl methyl sites for hydroxylation is 2. The third-order valence-corrected chi connectivity index (χ3v) is 5.17. The van der Waals surface area contributed by atoms with Crippen LogP contribution < -0.4 is 5.32 Å². The van der Waals surface area contributed by atoms with Gasteiger partial charge in [-0.1, -0.05) is 30.3 Å². The van der Waals surface area contributed by atoms with Crippen LogP contribution in [-0.2, 0) is 13.6 Å². The van der Waals surface area contributed by atoms with Gasteiger partial charge in [0.2, 0.25) is 0 Å². The number of anilines is 1. The molecule has 26 heavy (non-hydrogen) atoms. The highest BCUT2D eigenvalue weighted by Crippen LogP contribution is 2.23. The number of likely N-dealkylation sites (tertiary alicyclic amines) is 1. The molecule has 1 aromatic carbocycles. The van der Waals surface area contributed by atoms with E-state index in [9.17, 15) is 0 Å². The van der Waals surface area contributed by atoms with Gasteiger partial charge in [0, 0.05) is 26.7 Å². The standard InChI is InChI=1S/C20H26N6/c1-15-23-19(18-12-22-25(2)20(18)24-15)21-10-8-17-9-11-26(14-17)13-16-6-4-3-5-7-16/h3-7,12,17H,8-11,13-14H2,1-2H3,(H,21,23,24). The minimum absolute atomic E-state index is 0.749. The SMILES string of the molecule is Cc1nc(NCCC2CCN(Cc3ccccc3)C2)c2cnn(C)c2n1. The molecule has 4 rings (SSSR count). The summed E-state index contributed by atoms with van der Waals surface area (Å²) in [5.41, 5.74) is 2.29. The van der Waals surface area contributed by atoms with Crippen molar-refractivity contribution in [2.45, 2.75) is 26.3 Å². The van der Waals surface area contributed by atoms with Gasteiger partial charge in [0.1, 0.15) is 11.6 Å². The lowest BCUT2D eigenvalue weighted by atomic mass is 10.1. The number of fused-ring (bicyclic) bond motifs is 1. The number of benzene rings is 1. The number of hydrogen-bond acceptors (Lipinski definition) is 5. The molecule has 1 atom stereocenters. The van der Waals surface area contributed by atoms with Crippen LogP contribution in [0.15, 0.2) is 36.5 Å². The lowest BCUT2D eigenvalue weighted by molar-refractivity contribution is 0.314. The second kappa shape index (κ2) is 7.41. The Labute approximate surface area is 154 Å². The van der Waals surface area contributed by atoms with Crippen LogP contribution in [0.4, 0.5) is 5.82 Å². The molecule has 6 nitrogen and oxygen atoms in total. The molecule has 1 aliphatic rings. The number of nitrogens with zero attached hydrogens (tertiary/aromatic N) is 5. The van der Waals surface area contributed by atoms with Gasteiger partial charge in [-0.15, -0.1) is 0 Å². The lowest BCUT2D eigenvalue weighted by Gasteiger charge is -2.16. The van der Waals surface area contributed by atoms with Crippen LogP contribution in [0.1, 0.15) is 24.2 Å². The highest BCUT2D eigenvalue weighted by atomic mass is 15.3. The summed E-state index contributed by atoms with van der Waals surface area (Å²) in [7, 11) is 1.92. The maximum atomic E-state index is 4.56. The van der Waals surface area contributed by atoms with E-state index in [0.717, 1.165) is 48.1 Å². The topological polar surface area (TPSA) is 58.9 Å². The Morgan fingerprint density at radius 1 is 1.19 bits per heavy atom. The Bertz CT molecular complexity index is 873. The summed E-state index contributed by atoms with van der Waals surface area (Å²) in [5, 5.41) is 8.81. The predicted molar refractivity (Wildman–Crippen MR) is 104 cm³/mol. The van der Waals surface area contributed by atoms with E-state index in [1.54, 1.807) is 4.68 Å². The fourth-order valence-electron chi connectivity index (χ4n) is 3.79. The van der Waals surface area contributed by atoms with Gasteiger partial charge >= 0.3 is 0 Å². The van der Waals surface area contributed by atoms with Crippen molar-refractivity contribution in [3.8, 4) is 0 Å². The Morgan fingerprint density at radius 2 is 2.04 bits per heavy atom. The van der Waals surface area contributed by atoms with E-state index in [1.165, 1.54) is 25.1 Å². The number of hydrogen-bond donors (Lipinski definition) is 1. The molecule has 0 saturated carbocycles. The molecule has 0 spiro atoms. The normalized spacial score (nSPS) is 17.8. The molecule has 1 N–H and O–H groups in total. The summed E-state index contributed by atoms with van der Waals surface area (Å²) in [4.78, 5) is 11.6. The van der Waals surface area contributed by atoms with E-state index in [2.05, 4.69) is 55.6 Å². The van der Waals surface area contributed by atoms with Gasteiger partial charge in [0.25, 0.3) is 0 Å². The minimum atomic E-state index is 0.749. The van der Waals surface area contributed by atoms with Crippen molar-refractivity contribution < 1.29 is 0 Å². The molecule has 1 fully saturated rings. The zero-order valence-electron chi connectivity index (χ0n) is 15.5. The largest absolute Gasteiger partial charge is 0.369 e. The first-order chi connectivity index (χ1) is 12.7. The Balaban J connectivity index is 1.30. The van der Waals surface area contributed by atoms with E-state index in [1.807, 2.05) is 20.2 Å². The molecule has 3 heterocycles. The molecular formula is C20H26N6. The van der Waals surface area contributed by atoms with Gasteiger partial charge in [-0.3, -0.25) is 9.58 Å². The molecule has 6 heteroatoms. The van der Waals surface area contributed by atoms with Crippen LogP contribution >= 0.6 is 0 Å². The van der Waals surface area contributed by atoms with Crippen molar-refractivity contribution in [3.05, 3.63) is 47.9 Å². The van der Waals surface area contributed by atoms with E-state index >= 15 is 0 Å². The smallest absolute Gasteiger partial charge is 0.163 e. The summed E-state index contributed by atoms with van der Waals surface area (Å²) in [6.07, 6.45) is 4.28. The van der Waals surface area contributed by atoms with Crippen LogP contribution in [0.2, 0.25) is 0 Å². The molecule has 0 bridgehead atoms. The summed E-state index contributed by atoms with van der Waals surface area (Å²) in [6.45, 7) is 6.30. The van der Waals surface area contributed by atoms with Crippen molar-refractivity contribution >= 4 is 16.9 Å². The van der Waals surface area contributed by atoms with Crippen molar-refractivity contribution in [1.82, 2.24) is 24.6 Å². The predicted octanol–water partition coefficient (Wildman–Crippen LogP) is 3.00. The van der Waals surface area contributed by atoms with Gasteiger partial charge in [-0.2, -0.15) is 5.10 Å². The Hall–Kier alpha value is -2.47. The molecule has 0 amide bonds. The van der Waals surface area contributed by atoms with Crippen LogP contribution in [-0.4, -0.2) is 44.3 Å². The van der Waals surface area contributed by atoms with Gasteiger partial charge in [0.05, 0.1) is 11.6 Å². The minimum Gasteiger partial charge on any atom is -0.369 e. The summed E-state index contributed by atoms with van der Waals surface area (Å²) in [6, 6.07) is 10.7. The number of nitrogens with one attached hydrogen (secondary N) is 1. The van der Waals surface area contributed by atoms with E-state index in [4.69, 9.17) is 0 Å². The molecular weight excluding hydrogens is 324 g/mol.